The Hall–Kier alpha value is -0.890. The summed E-state index contributed by atoms with van der Waals surface area (Å²) in [6, 6.07) is 6.75. The number of nitrogens with zero attached hydrogens (tertiary/aromatic N) is 1. The summed E-state index contributed by atoms with van der Waals surface area (Å²) in [6.07, 6.45) is 3.87. The molecule has 2 rings (SSSR count). The number of hydrogen-bond donors (Lipinski definition) is 1. The summed E-state index contributed by atoms with van der Waals surface area (Å²) in [6.45, 7) is 3.19. The maximum atomic E-state index is 4.53. The molecule has 2 heteroatoms. The van der Waals surface area contributed by atoms with Crippen LogP contribution in [-0.4, -0.2) is 11.5 Å². The van der Waals surface area contributed by atoms with E-state index in [2.05, 4.69) is 22.4 Å². The molecule has 0 aromatic carbocycles. The molecule has 70 valence electrons. The third-order valence-electron chi connectivity index (χ3n) is 2.58. The van der Waals surface area contributed by atoms with Gasteiger partial charge in [-0.1, -0.05) is 12.5 Å². The van der Waals surface area contributed by atoms with Gasteiger partial charge >= 0.3 is 0 Å². The van der Waals surface area contributed by atoms with Crippen molar-refractivity contribution < 1.29 is 0 Å². The zero-order chi connectivity index (χ0) is 9.10. The van der Waals surface area contributed by atoms with Gasteiger partial charge in [0.1, 0.15) is 0 Å². The maximum absolute atomic E-state index is 4.53. The molecule has 1 saturated heterocycles. The topological polar surface area (TPSA) is 24.9 Å². The van der Waals surface area contributed by atoms with Crippen molar-refractivity contribution in [2.45, 2.75) is 32.2 Å². The zero-order valence-electron chi connectivity index (χ0n) is 8.09. The number of pyridine rings is 1. The van der Waals surface area contributed by atoms with Gasteiger partial charge in [0, 0.05) is 11.7 Å². The lowest BCUT2D eigenvalue weighted by atomic mass is 10.0. The number of aryl methyl sites for hydroxylation is 1. The first-order chi connectivity index (χ1) is 6.36. The fraction of sp³-hybridized carbons (Fsp3) is 0.545. The van der Waals surface area contributed by atoms with Gasteiger partial charge in [0.15, 0.2) is 0 Å². The molecule has 0 radical (unpaired) electrons. The minimum atomic E-state index is 0.494. The minimum Gasteiger partial charge on any atom is -0.309 e. The summed E-state index contributed by atoms with van der Waals surface area (Å²) in [4.78, 5) is 4.53. The first-order valence-electron chi connectivity index (χ1n) is 5.03. The van der Waals surface area contributed by atoms with Crippen molar-refractivity contribution in [3.8, 4) is 0 Å². The molecular formula is C11H16N2. The highest BCUT2D eigenvalue weighted by Crippen LogP contribution is 2.20. The third-order valence-corrected chi connectivity index (χ3v) is 2.58. The molecule has 0 spiro atoms. The average Bonchev–Trinajstić information content (AvgIpc) is 2.19. The monoisotopic (exact) mass is 176 g/mol. The lowest BCUT2D eigenvalue weighted by molar-refractivity contribution is 0.405. The second kappa shape index (κ2) is 3.88. The van der Waals surface area contributed by atoms with Gasteiger partial charge in [0.05, 0.1) is 5.69 Å². The van der Waals surface area contributed by atoms with E-state index in [1.807, 2.05) is 13.0 Å². The normalized spacial score (nSPS) is 23.0. The summed E-state index contributed by atoms with van der Waals surface area (Å²) in [5.41, 5.74) is 2.32. The average molecular weight is 176 g/mol. The molecule has 1 fully saturated rings. The highest BCUT2D eigenvalue weighted by molar-refractivity contribution is 5.13. The molecule has 1 unspecified atom stereocenters. The molecule has 0 amide bonds. The molecule has 0 saturated carbocycles. The molecule has 1 aliphatic heterocycles. The van der Waals surface area contributed by atoms with Crippen molar-refractivity contribution in [2.24, 2.45) is 0 Å². The molecular weight excluding hydrogens is 160 g/mol. The second-order valence-electron chi connectivity index (χ2n) is 3.71. The van der Waals surface area contributed by atoms with E-state index in [1.165, 1.54) is 25.0 Å². The largest absolute Gasteiger partial charge is 0.309 e. The molecule has 13 heavy (non-hydrogen) atoms. The Balaban J connectivity index is 2.14. The first kappa shape index (κ1) is 8.70. The van der Waals surface area contributed by atoms with Crippen LogP contribution in [0.25, 0.3) is 0 Å². The summed E-state index contributed by atoms with van der Waals surface area (Å²) >= 11 is 0. The van der Waals surface area contributed by atoms with Crippen molar-refractivity contribution in [1.82, 2.24) is 10.3 Å². The van der Waals surface area contributed by atoms with Crippen molar-refractivity contribution >= 4 is 0 Å². The second-order valence-corrected chi connectivity index (χ2v) is 3.71. The van der Waals surface area contributed by atoms with Gasteiger partial charge in [-0.3, -0.25) is 4.98 Å². The molecule has 2 nitrogen and oxygen atoms in total. The number of rotatable bonds is 1. The van der Waals surface area contributed by atoms with E-state index < -0.39 is 0 Å². The highest BCUT2D eigenvalue weighted by atomic mass is 14.9. The molecule has 1 aromatic heterocycles. The van der Waals surface area contributed by atoms with Crippen LogP contribution in [0, 0.1) is 6.92 Å². The van der Waals surface area contributed by atoms with Crippen LogP contribution in [0.3, 0.4) is 0 Å². The molecule has 1 aliphatic rings. The molecule has 0 aliphatic carbocycles. The van der Waals surface area contributed by atoms with Gasteiger partial charge in [-0.25, -0.2) is 0 Å². The summed E-state index contributed by atoms with van der Waals surface area (Å²) in [7, 11) is 0. The van der Waals surface area contributed by atoms with Crippen molar-refractivity contribution in [2.75, 3.05) is 6.54 Å². The number of hydrogen-bond acceptors (Lipinski definition) is 2. The molecule has 2 heterocycles. The van der Waals surface area contributed by atoms with Crippen LogP contribution >= 0.6 is 0 Å². The van der Waals surface area contributed by atoms with Crippen LogP contribution in [0.4, 0.5) is 0 Å². The lowest BCUT2D eigenvalue weighted by Crippen LogP contribution is -2.27. The van der Waals surface area contributed by atoms with Gasteiger partial charge in [0.2, 0.25) is 0 Å². The Morgan fingerprint density at radius 2 is 2.31 bits per heavy atom. The maximum Gasteiger partial charge on any atom is 0.0576 e. The SMILES string of the molecule is Cc1cccc(C2CCCCN2)n1. The van der Waals surface area contributed by atoms with E-state index in [0.717, 1.165) is 12.2 Å². The van der Waals surface area contributed by atoms with Gasteiger partial charge in [-0.05, 0) is 38.4 Å². The summed E-state index contributed by atoms with van der Waals surface area (Å²) < 4.78 is 0. The Morgan fingerprint density at radius 3 is 3.00 bits per heavy atom. The van der Waals surface area contributed by atoms with E-state index in [0.29, 0.717) is 6.04 Å². The summed E-state index contributed by atoms with van der Waals surface area (Å²) in [5, 5.41) is 3.50. The van der Waals surface area contributed by atoms with Gasteiger partial charge < -0.3 is 5.32 Å². The number of piperidine rings is 1. The Labute approximate surface area is 79.4 Å². The number of aromatic nitrogens is 1. The van der Waals surface area contributed by atoms with Gasteiger partial charge in [-0.2, -0.15) is 0 Å². The number of nitrogens with one attached hydrogen (secondary N) is 1. The van der Waals surface area contributed by atoms with E-state index in [9.17, 15) is 0 Å². The van der Waals surface area contributed by atoms with Crippen LogP contribution in [0.5, 0.6) is 0 Å². The highest BCUT2D eigenvalue weighted by Gasteiger charge is 2.15. The van der Waals surface area contributed by atoms with Crippen LogP contribution in [0.15, 0.2) is 18.2 Å². The van der Waals surface area contributed by atoms with Crippen molar-refractivity contribution in [1.29, 1.82) is 0 Å². The Kier molecular flexibility index (Phi) is 2.60. The van der Waals surface area contributed by atoms with Crippen molar-refractivity contribution in [3.63, 3.8) is 0 Å². The van der Waals surface area contributed by atoms with Crippen LogP contribution in [-0.2, 0) is 0 Å². The lowest BCUT2D eigenvalue weighted by Gasteiger charge is -2.22. The quantitative estimate of drug-likeness (QED) is 0.709. The molecule has 1 aromatic rings. The van der Waals surface area contributed by atoms with E-state index >= 15 is 0 Å². The summed E-state index contributed by atoms with van der Waals surface area (Å²) in [5.74, 6) is 0. The van der Waals surface area contributed by atoms with Crippen LogP contribution in [0.2, 0.25) is 0 Å². The van der Waals surface area contributed by atoms with Gasteiger partial charge in [-0.15, -0.1) is 0 Å². The van der Waals surface area contributed by atoms with Crippen LogP contribution < -0.4 is 5.32 Å². The van der Waals surface area contributed by atoms with Gasteiger partial charge in [0.25, 0.3) is 0 Å². The molecule has 1 atom stereocenters. The third kappa shape index (κ3) is 2.07. The zero-order valence-corrected chi connectivity index (χ0v) is 8.09. The fourth-order valence-corrected chi connectivity index (χ4v) is 1.86. The minimum absolute atomic E-state index is 0.494. The van der Waals surface area contributed by atoms with E-state index in [1.54, 1.807) is 0 Å². The Morgan fingerprint density at radius 1 is 1.38 bits per heavy atom. The first-order valence-corrected chi connectivity index (χ1v) is 5.03. The standard InChI is InChI=1S/C11H16N2/c1-9-5-4-7-11(13-9)10-6-2-3-8-12-10/h4-5,7,10,12H,2-3,6,8H2,1H3. The van der Waals surface area contributed by atoms with Crippen LogP contribution in [0.1, 0.15) is 36.7 Å². The molecule has 0 bridgehead atoms. The predicted molar refractivity (Wildman–Crippen MR) is 53.6 cm³/mol. The fourth-order valence-electron chi connectivity index (χ4n) is 1.86. The molecule has 1 N–H and O–H groups in total. The smallest absolute Gasteiger partial charge is 0.0576 e. The van der Waals surface area contributed by atoms with E-state index in [4.69, 9.17) is 0 Å². The van der Waals surface area contributed by atoms with E-state index in [-0.39, 0.29) is 0 Å². The predicted octanol–water partition coefficient (Wildman–Crippen LogP) is 2.20. The van der Waals surface area contributed by atoms with Crippen molar-refractivity contribution in [3.05, 3.63) is 29.6 Å². The Bertz CT molecular complexity index is 277.